The quantitative estimate of drug-likeness (QED) is 0.510. The third-order valence-electron chi connectivity index (χ3n) is 2.23. The van der Waals surface area contributed by atoms with Gasteiger partial charge in [-0.2, -0.15) is 9.97 Å². The predicted molar refractivity (Wildman–Crippen MR) is 53.5 cm³/mol. The van der Waals surface area contributed by atoms with E-state index < -0.39 is 0 Å². The number of aromatic nitrogens is 2. The fourth-order valence-corrected chi connectivity index (χ4v) is 1.47. The summed E-state index contributed by atoms with van der Waals surface area (Å²) in [5, 5.41) is 12.2. The SMILES string of the molecule is Nc1cc(NC2CC(O)C2)nc(N)n1. The summed E-state index contributed by atoms with van der Waals surface area (Å²) >= 11 is 0. The van der Waals surface area contributed by atoms with Crippen LogP contribution in [-0.2, 0) is 0 Å². The number of anilines is 3. The standard InChI is InChI=1S/C8H13N5O/c9-6-3-7(13-8(10)12-6)11-4-1-5(14)2-4/h3-5,14H,1-2H2,(H5,9,10,11,12,13). The van der Waals surface area contributed by atoms with Crippen LogP contribution in [-0.4, -0.2) is 27.2 Å². The van der Waals surface area contributed by atoms with Crippen molar-refractivity contribution in [3.8, 4) is 0 Å². The maximum atomic E-state index is 9.08. The first-order valence-corrected chi connectivity index (χ1v) is 4.48. The zero-order chi connectivity index (χ0) is 10.1. The molecule has 76 valence electrons. The number of hydrogen-bond donors (Lipinski definition) is 4. The van der Waals surface area contributed by atoms with E-state index in [2.05, 4.69) is 15.3 Å². The van der Waals surface area contributed by atoms with E-state index in [-0.39, 0.29) is 18.1 Å². The van der Waals surface area contributed by atoms with Crippen molar-refractivity contribution in [3.63, 3.8) is 0 Å². The lowest BCUT2D eigenvalue weighted by atomic mass is 9.89. The van der Waals surface area contributed by atoms with Gasteiger partial charge in [-0.3, -0.25) is 0 Å². The van der Waals surface area contributed by atoms with E-state index in [4.69, 9.17) is 16.6 Å². The second-order valence-corrected chi connectivity index (χ2v) is 3.50. The summed E-state index contributed by atoms with van der Waals surface area (Å²) in [6.07, 6.45) is 1.29. The van der Waals surface area contributed by atoms with Crippen LogP contribution >= 0.6 is 0 Å². The van der Waals surface area contributed by atoms with Crippen LogP contribution in [0.5, 0.6) is 0 Å². The molecule has 0 saturated heterocycles. The van der Waals surface area contributed by atoms with Gasteiger partial charge in [0.05, 0.1) is 6.10 Å². The van der Waals surface area contributed by atoms with Crippen LogP contribution in [0.1, 0.15) is 12.8 Å². The number of nitrogens with zero attached hydrogens (tertiary/aromatic N) is 2. The molecule has 0 unspecified atom stereocenters. The highest BCUT2D eigenvalue weighted by Gasteiger charge is 2.27. The molecule has 1 fully saturated rings. The van der Waals surface area contributed by atoms with E-state index in [0.717, 1.165) is 12.8 Å². The minimum absolute atomic E-state index is 0.160. The Kier molecular flexibility index (Phi) is 2.12. The van der Waals surface area contributed by atoms with Gasteiger partial charge in [-0.1, -0.05) is 0 Å². The number of nitrogen functional groups attached to an aromatic ring is 2. The van der Waals surface area contributed by atoms with Crippen LogP contribution in [0.2, 0.25) is 0 Å². The zero-order valence-corrected chi connectivity index (χ0v) is 7.64. The van der Waals surface area contributed by atoms with Gasteiger partial charge in [-0.25, -0.2) is 0 Å². The summed E-state index contributed by atoms with van der Waals surface area (Å²) in [5.41, 5.74) is 10.9. The lowest BCUT2D eigenvalue weighted by molar-refractivity contribution is 0.0835. The van der Waals surface area contributed by atoms with Crippen molar-refractivity contribution in [1.29, 1.82) is 0 Å². The van der Waals surface area contributed by atoms with E-state index in [9.17, 15) is 0 Å². The Morgan fingerprint density at radius 2 is 2.07 bits per heavy atom. The molecule has 1 aromatic heterocycles. The van der Waals surface area contributed by atoms with Crippen LogP contribution in [0.15, 0.2) is 6.07 Å². The first-order chi connectivity index (χ1) is 6.63. The first kappa shape index (κ1) is 9.01. The van der Waals surface area contributed by atoms with Crippen molar-refractivity contribution in [3.05, 3.63) is 6.07 Å². The van der Waals surface area contributed by atoms with Gasteiger partial charge < -0.3 is 21.9 Å². The number of nitrogens with two attached hydrogens (primary N) is 2. The molecule has 6 N–H and O–H groups in total. The number of hydrogen-bond acceptors (Lipinski definition) is 6. The molecular weight excluding hydrogens is 182 g/mol. The van der Waals surface area contributed by atoms with Crippen LogP contribution < -0.4 is 16.8 Å². The van der Waals surface area contributed by atoms with E-state index in [1.54, 1.807) is 6.07 Å². The molecule has 0 aliphatic heterocycles. The smallest absolute Gasteiger partial charge is 0.223 e. The average Bonchev–Trinajstić information content (AvgIpc) is 1.99. The highest BCUT2D eigenvalue weighted by atomic mass is 16.3. The molecular formula is C8H13N5O. The molecule has 6 nitrogen and oxygen atoms in total. The minimum atomic E-state index is -0.191. The highest BCUT2D eigenvalue weighted by Crippen LogP contribution is 2.23. The van der Waals surface area contributed by atoms with E-state index in [1.165, 1.54) is 0 Å². The summed E-state index contributed by atoms with van der Waals surface area (Å²) in [6.45, 7) is 0. The van der Waals surface area contributed by atoms with Crippen molar-refractivity contribution in [2.45, 2.75) is 25.0 Å². The van der Waals surface area contributed by atoms with Gasteiger partial charge in [0, 0.05) is 12.1 Å². The highest BCUT2D eigenvalue weighted by molar-refractivity contribution is 5.49. The summed E-state index contributed by atoms with van der Waals surface area (Å²) in [6, 6.07) is 1.89. The number of nitrogens with one attached hydrogen (secondary N) is 1. The maximum Gasteiger partial charge on any atom is 0.223 e. The topological polar surface area (TPSA) is 110 Å². The molecule has 1 saturated carbocycles. The predicted octanol–water partition coefficient (Wildman–Crippen LogP) is -0.424. The molecule has 1 aliphatic rings. The second-order valence-electron chi connectivity index (χ2n) is 3.50. The van der Waals surface area contributed by atoms with Crippen LogP contribution in [0.4, 0.5) is 17.6 Å². The molecule has 0 spiro atoms. The van der Waals surface area contributed by atoms with Gasteiger partial charge >= 0.3 is 0 Å². The van der Waals surface area contributed by atoms with Crippen LogP contribution in [0.25, 0.3) is 0 Å². The molecule has 0 amide bonds. The van der Waals surface area contributed by atoms with Gasteiger partial charge in [-0.15, -0.1) is 0 Å². The summed E-state index contributed by atoms with van der Waals surface area (Å²) in [4.78, 5) is 7.73. The summed E-state index contributed by atoms with van der Waals surface area (Å²) < 4.78 is 0. The molecule has 0 bridgehead atoms. The first-order valence-electron chi connectivity index (χ1n) is 4.48. The normalized spacial score (nSPS) is 25.5. The van der Waals surface area contributed by atoms with E-state index in [1.807, 2.05) is 0 Å². The van der Waals surface area contributed by atoms with Crippen LogP contribution in [0, 0.1) is 0 Å². The molecule has 2 rings (SSSR count). The Balaban J connectivity index is 2.02. The number of aliphatic hydroxyl groups excluding tert-OH is 1. The molecule has 0 radical (unpaired) electrons. The van der Waals surface area contributed by atoms with Crippen LogP contribution in [0.3, 0.4) is 0 Å². The van der Waals surface area contributed by atoms with Crippen molar-refractivity contribution in [2.24, 2.45) is 0 Å². The monoisotopic (exact) mass is 195 g/mol. The second kappa shape index (κ2) is 3.30. The van der Waals surface area contributed by atoms with Gasteiger partial charge in [0.1, 0.15) is 11.6 Å². The maximum absolute atomic E-state index is 9.08. The van der Waals surface area contributed by atoms with Gasteiger partial charge in [0.25, 0.3) is 0 Å². The number of rotatable bonds is 2. The molecule has 1 aliphatic carbocycles. The van der Waals surface area contributed by atoms with Crippen molar-refractivity contribution < 1.29 is 5.11 Å². The fraction of sp³-hybridized carbons (Fsp3) is 0.500. The molecule has 1 aromatic rings. The van der Waals surface area contributed by atoms with Crippen molar-refractivity contribution >= 4 is 17.6 Å². The molecule has 0 aromatic carbocycles. The Morgan fingerprint density at radius 1 is 1.36 bits per heavy atom. The average molecular weight is 195 g/mol. The summed E-state index contributed by atoms with van der Waals surface area (Å²) in [5.74, 6) is 1.12. The lowest BCUT2D eigenvalue weighted by Crippen LogP contribution is -2.39. The fourth-order valence-electron chi connectivity index (χ4n) is 1.47. The molecule has 1 heterocycles. The molecule has 0 atom stereocenters. The third kappa shape index (κ3) is 1.85. The minimum Gasteiger partial charge on any atom is -0.393 e. The Bertz CT molecular complexity index is 316. The Morgan fingerprint density at radius 3 is 2.64 bits per heavy atom. The van der Waals surface area contributed by atoms with E-state index in [0.29, 0.717) is 11.6 Å². The summed E-state index contributed by atoms with van der Waals surface area (Å²) in [7, 11) is 0. The molecule has 6 heteroatoms. The van der Waals surface area contributed by atoms with Gasteiger partial charge in [0.15, 0.2) is 0 Å². The Labute approximate surface area is 81.3 Å². The van der Waals surface area contributed by atoms with E-state index >= 15 is 0 Å². The van der Waals surface area contributed by atoms with Crippen molar-refractivity contribution in [1.82, 2.24) is 9.97 Å². The zero-order valence-electron chi connectivity index (χ0n) is 7.64. The Hall–Kier alpha value is -1.56. The third-order valence-corrected chi connectivity index (χ3v) is 2.23. The number of aliphatic hydroxyl groups is 1. The lowest BCUT2D eigenvalue weighted by Gasteiger charge is -2.32. The van der Waals surface area contributed by atoms with Gasteiger partial charge in [-0.05, 0) is 12.8 Å². The largest absolute Gasteiger partial charge is 0.393 e. The van der Waals surface area contributed by atoms with Gasteiger partial charge in [0.2, 0.25) is 5.95 Å². The van der Waals surface area contributed by atoms with Crippen molar-refractivity contribution in [2.75, 3.05) is 16.8 Å². The molecule has 14 heavy (non-hydrogen) atoms.